The molecule has 4 nitrogen and oxygen atoms in total. The summed E-state index contributed by atoms with van der Waals surface area (Å²) < 4.78 is 16.6. The molecule has 3 rings (SSSR count). The summed E-state index contributed by atoms with van der Waals surface area (Å²) in [5.74, 6) is 1.59. The van der Waals surface area contributed by atoms with Crippen molar-refractivity contribution in [3.05, 3.63) is 60.2 Å². The first-order valence-electron chi connectivity index (χ1n) is 8.76. The van der Waals surface area contributed by atoms with Gasteiger partial charge in [-0.2, -0.15) is 0 Å². The largest absolute Gasteiger partial charge is 0.490 e. The van der Waals surface area contributed by atoms with Crippen LogP contribution in [0.25, 0.3) is 0 Å². The van der Waals surface area contributed by atoms with Gasteiger partial charge in [0.1, 0.15) is 18.1 Å². The van der Waals surface area contributed by atoms with Crippen molar-refractivity contribution in [3.8, 4) is 11.5 Å². The van der Waals surface area contributed by atoms with Crippen molar-refractivity contribution < 1.29 is 19.0 Å². The molecule has 25 heavy (non-hydrogen) atoms. The summed E-state index contributed by atoms with van der Waals surface area (Å²) in [6.45, 7) is 0.554. The van der Waals surface area contributed by atoms with Crippen molar-refractivity contribution in [2.75, 3.05) is 7.11 Å². The van der Waals surface area contributed by atoms with Crippen LogP contribution in [-0.2, 0) is 16.1 Å². The second kappa shape index (κ2) is 8.56. The van der Waals surface area contributed by atoms with Crippen LogP contribution in [0.15, 0.2) is 54.6 Å². The Morgan fingerprint density at radius 2 is 1.56 bits per heavy atom. The van der Waals surface area contributed by atoms with E-state index in [2.05, 4.69) is 0 Å². The summed E-state index contributed by atoms with van der Waals surface area (Å²) in [6.07, 6.45) is 3.58. The fourth-order valence-corrected chi connectivity index (χ4v) is 3.13. The van der Waals surface area contributed by atoms with E-state index in [9.17, 15) is 4.79 Å². The van der Waals surface area contributed by atoms with Crippen molar-refractivity contribution in [3.63, 3.8) is 0 Å². The van der Waals surface area contributed by atoms with Crippen LogP contribution in [0, 0.1) is 5.92 Å². The van der Waals surface area contributed by atoms with Crippen LogP contribution in [0.4, 0.5) is 0 Å². The first kappa shape index (κ1) is 17.3. The first-order chi connectivity index (χ1) is 12.2. The van der Waals surface area contributed by atoms with Gasteiger partial charge in [-0.05, 0) is 55.5 Å². The number of hydrogen-bond acceptors (Lipinski definition) is 4. The number of carbonyl (C=O) groups excluding carboxylic acids is 1. The zero-order valence-corrected chi connectivity index (χ0v) is 14.5. The zero-order chi connectivity index (χ0) is 17.5. The predicted molar refractivity (Wildman–Crippen MR) is 95.6 cm³/mol. The molecule has 1 aliphatic carbocycles. The van der Waals surface area contributed by atoms with Crippen molar-refractivity contribution in [2.45, 2.75) is 38.4 Å². The number of benzene rings is 2. The Labute approximate surface area is 148 Å². The van der Waals surface area contributed by atoms with Gasteiger partial charge in [0, 0.05) is 0 Å². The molecular weight excluding hydrogens is 316 g/mol. The summed E-state index contributed by atoms with van der Waals surface area (Å²) >= 11 is 0. The topological polar surface area (TPSA) is 44.8 Å². The molecule has 0 bridgehead atoms. The molecule has 0 saturated heterocycles. The molecule has 0 spiro atoms. The lowest BCUT2D eigenvalue weighted by molar-refractivity contribution is -0.147. The van der Waals surface area contributed by atoms with Crippen LogP contribution in [0.5, 0.6) is 11.5 Å². The van der Waals surface area contributed by atoms with E-state index >= 15 is 0 Å². The third-order valence-corrected chi connectivity index (χ3v) is 4.58. The summed E-state index contributed by atoms with van der Waals surface area (Å²) in [6, 6.07) is 17.8. The average Bonchev–Trinajstić information content (AvgIpc) is 2.68. The van der Waals surface area contributed by atoms with Gasteiger partial charge in [0.25, 0.3) is 0 Å². The lowest BCUT2D eigenvalue weighted by Gasteiger charge is -2.27. The van der Waals surface area contributed by atoms with Crippen LogP contribution in [0.1, 0.15) is 31.2 Å². The fraction of sp³-hybridized carbons (Fsp3) is 0.381. The van der Waals surface area contributed by atoms with E-state index in [0.29, 0.717) is 6.61 Å². The average molecular weight is 340 g/mol. The zero-order valence-electron chi connectivity index (χ0n) is 14.5. The van der Waals surface area contributed by atoms with Gasteiger partial charge in [0.05, 0.1) is 19.1 Å². The van der Waals surface area contributed by atoms with E-state index in [4.69, 9.17) is 14.2 Å². The van der Waals surface area contributed by atoms with Crippen LogP contribution in [0.2, 0.25) is 0 Å². The van der Waals surface area contributed by atoms with Crippen molar-refractivity contribution >= 4 is 5.97 Å². The highest BCUT2D eigenvalue weighted by Crippen LogP contribution is 2.29. The number of carbonyl (C=O) groups is 1. The minimum Gasteiger partial charge on any atom is -0.490 e. The number of methoxy groups -OCH3 is 1. The Morgan fingerprint density at radius 3 is 2.20 bits per heavy atom. The van der Waals surface area contributed by atoms with E-state index in [1.165, 1.54) is 7.11 Å². The Kier molecular flexibility index (Phi) is 5.94. The van der Waals surface area contributed by atoms with E-state index in [1.807, 2.05) is 54.6 Å². The predicted octanol–water partition coefficient (Wildman–Crippen LogP) is 4.38. The highest BCUT2D eigenvalue weighted by atomic mass is 16.5. The van der Waals surface area contributed by atoms with E-state index < -0.39 is 0 Å². The highest BCUT2D eigenvalue weighted by Gasteiger charge is 2.27. The van der Waals surface area contributed by atoms with Gasteiger partial charge in [-0.25, -0.2) is 0 Å². The van der Waals surface area contributed by atoms with E-state index in [-0.39, 0.29) is 18.0 Å². The van der Waals surface area contributed by atoms with Gasteiger partial charge in [0.2, 0.25) is 0 Å². The Hall–Kier alpha value is -2.49. The van der Waals surface area contributed by atoms with Crippen molar-refractivity contribution in [1.82, 2.24) is 0 Å². The molecule has 0 radical (unpaired) electrons. The molecule has 0 N–H and O–H groups in total. The van der Waals surface area contributed by atoms with Crippen LogP contribution < -0.4 is 9.47 Å². The lowest BCUT2D eigenvalue weighted by Crippen LogP contribution is -2.28. The summed E-state index contributed by atoms with van der Waals surface area (Å²) in [5, 5.41) is 0. The summed E-state index contributed by atoms with van der Waals surface area (Å²) in [7, 11) is 1.45. The van der Waals surface area contributed by atoms with Gasteiger partial charge >= 0.3 is 5.97 Å². The summed E-state index contributed by atoms with van der Waals surface area (Å²) in [5.41, 5.74) is 1.14. The van der Waals surface area contributed by atoms with Gasteiger partial charge in [-0.15, -0.1) is 0 Å². The molecule has 0 aliphatic heterocycles. The van der Waals surface area contributed by atoms with Crippen LogP contribution in [0.3, 0.4) is 0 Å². The number of ether oxygens (including phenoxy) is 3. The van der Waals surface area contributed by atoms with E-state index in [1.54, 1.807) is 0 Å². The maximum absolute atomic E-state index is 11.6. The monoisotopic (exact) mass is 340 g/mol. The molecule has 1 aliphatic rings. The Balaban J connectivity index is 1.46. The molecule has 0 unspecified atom stereocenters. The molecule has 4 heteroatoms. The highest BCUT2D eigenvalue weighted by molar-refractivity contribution is 5.72. The molecule has 0 atom stereocenters. The SMILES string of the molecule is COC(=O)C1CCC(Oc2ccc(OCc3ccccc3)cc2)CC1. The van der Waals surface area contributed by atoms with Gasteiger partial charge in [-0.1, -0.05) is 30.3 Å². The number of rotatable bonds is 6. The Bertz CT molecular complexity index is 658. The molecule has 2 aromatic rings. The second-order valence-electron chi connectivity index (χ2n) is 6.36. The maximum Gasteiger partial charge on any atom is 0.308 e. The van der Waals surface area contributed by atoms with Crippen LogP contribution in [-0.4, -0.2) is 19.2 Å². The smallest absolute Gasteiger partial charge is 0.308 e. The molecule has 0 aromatic heterocycles. The lowest BCUT2D eigenvalue weighted by atomic mass is 9.87. The molecule has 132 valence electrons. The molecule has 0 amide bonds. The molecule has 1 saturated carbocycles. The summed E-state index contributed by atoms with van der Waals surface area (Å²) in [4.78, 5) is 11.6. The molecule has 2 aromatic carbocycles. The van der Waals surface area contributed by atoms with Crippen LogP contribution >= 0.6 is 0 Å². The minimum absolute atomic E-state index is 0.0265. The fourth-order valence-electron chi connectivity index (χ4n) is 3.13. The normalized spacial score (nSPS) is 19.9. The Morgan fingerprint density at radius 1 is 0.920 bits per heavy atom. The standard InChI is InChI=1S/C21H24O4/c1-23-21(22)17-7-9-19(10-8-17)25-20-13-11-18(12-14-20)24-15-16-5-3-2-4-6-16/h2-6,11-14,17,19H,7-10,15H2,1H3. The molecule has 0 heterocycles. The number of hydrogen-bond donors (Lipinski definition) is 0. The van der Waals surface area contributed by atoms with E-state index in [0.717, 1.165) is 42.7 Å². The number of esters is 1. The molecule has 1 fully saturated rings. The molecular formula is C21H24O4. The third-order valence-electron chi connectivity index (χ3n) is 4.58. The third kappa shape index (κ3) is 4.99. The van der Waals surface area contributed by atoms with Gasteiger partial charge < -0.3 is 14.2 Å². The van der Waals surface area contributed by atoms with Crippen molar-refractivity contribution in [1.29, 1.82) is 0 Å². The van der Waals surface area contributed by atoms with Crippen molar-refractivity contribution in [2.24, 2.45) is 5.92 Å². The minimum atomic E-state index is -0.0987. The maximum atomic E-state index is 11.6. The second-order valence-corrected chi connectivity index (χ2v) is 6.36. The van der Waals surface area contributed by atoms with Gasteiger partial charge in [-0.3, -0.25) is 4.79 Å². The quantitative estimate of drug-likeness (QED) is 0.732. The first-order valence-corrected chi connectivity index (χ1v) is 8.76. The van der Waals surface area contributed by atoms with Gasteiger partial charge in [0.15, 0.2) is 0 Å².